The molecule has 4 aromatic rings. The Kier molecular flexibility index (Phi) is 6.17. The van der Waals surface area contributed by atoms with Crippen molar-refractivity contribution in [1.82, 2.24) is 20.3 Å². The molecule has 2 atom stereocenters. The Morgan fingerprint density at radius 3 is 2.63 bits per heavy atom. The number of phenolic OH excluding ortho intramolecular Hbond substituents is 1. The zero-order chi connectivity index (χ0) is 29.3. The largest absolute Gasteiger partial charge is 0.508 e. The molecular weight excluding hydrogens is 552 g/mol. The van der Waals surface area contributed by atoms with Crippen LogP contribution in [-0.4, -0.2) is 64.0 Å². The molecule has 8 nitrogen and oxygen atoms in total. The van der Waals surface area contributed by atoms with E-state index in [1.807, 2.05) is 0 Å². The first-order valence-electron chi connectivity index (χ1n) is 15.0. The molecule has 0 spiro atoms. The van der Waals surface area contributed by atoms with E-state index in [2.05, 4.69) is 26.1 Å². The summed E-state index contributed by atoms with van der Waals surface area (Å²) >= 11 is 0. The summed E-state index contributed by atoms with van der Waals surface area (Å²) in [6, 6.07) is 6.27. The molecule has 5 aliphatic rings. The minimum Gasteiger partial charge on any atom is -0.508 e. The first-order chi connectivity index (χ1) is 20.9. The molecule has 0 radical (unpaired) electrons. The first kappa shape index (κ1) is 26.5. The number of aromatic nitrogens is 3. The molecule has 6 heterocycles. The summed E-state index contributed by atoms with van der Waals surface area (Å²) in [7, 11) is 0. The van der Waals surface area contributed by atoms with Crippen LogP contribution in [0.25, 0.3) is 32.9 Å². The number of hydrogen-bond donors (Lipinski definition) is 2. The molecule has 0 unspecified atom stereocenters. The Balaban J connectivity index is 1.27. The van der Waals surface area contributed by atoms with E-state index in [4.69, 9.17) is 20.9 Å². The molecule has 1 saturated carbocycles. The van der Waals surface area contributed by atoms with Gasteiger partial charge in [-0.15, -0.1) is 6.42 Å². The highest BCUT2D eigenvalue weighted by molar-refractivity contribution is 6.03. The van der Waals surface area contributed by atoms with Crippen molar-refractivity contribution in [3.8, 4) is 35.4 Å². The summed E-state index contributed by atoms with van der Waals surface area (Å²) in [5.41, 5.74) is -0.287. The highest BCUT2D eigenvalue weighted by Crippen LogP contribution is 2.42. The van der Waals surface area contributed by atoms with Gasteiger partial charge in [-0.2, -0.15) is 9.97 Å². The van der Waals surface area contributed by atoms with Crippen LogP contribution in [0.4, 0.5) is 14.6 Å². The Morgan fingerprint density at radius 1 is 1.12 bits per heavy atom. The number of piperazine rings is 1. The number of ether oxygens (including phenoxy) is 2. The van der Waals surface area contributed by atoms with Crippen LogP contribution in [0.3, 0.4) is 0 Å². The molecule has 9 rings (SSSR count). The topological polar surface area (TPSA) is 92.6 Å². The SMILES string of the molecule is C#Cc1c(F)ccc2cc(O)cc(-c3ncc4c(N5C[C@H]6CC[C@@H](C5)N6)nc(OCC56CCC(CC5)CO6)nc4c3F)c12. The number of anilines is 1. The summed E-state index contributed by atoms with van der Waals surface area (Å²) in [4.78, 5) is 16.0. The number of pyridine rings is 1. The van der Waals surface area contributed by atoms with Crippen LogP contribution in [0.5, 0.6) is 11.8 Å². The molecule has 4 saturated heterocycles. The van der Waals surface area contributed by atoms with Crippen LogP contribution in [0.2, 0.25) is 0 Å². The van der Waals surface area contributed by atoms with Gasteiger partial charge in [-0.25, -0.2) is 8.78 Å². The molecule has 4 bridgehead atoms. The lowest BCUT2D eigenvalue weighted by Crippen LogP contribution is -2.51. The smallest absolute Gasteiger partial charge is 0.319 e. The van der Waals surface area contributed by atoms with Crippen LogP contribution in [0.1, 0.15) is 44.1 Å². The highest BCUT2D eigenvalue weighted by Gasteiger charge is 2.42. The number of benzene rings is 2. The minimum absolute atomic E-state index is 0.0288. The zero-order valence-corrected chi connectivity index (χ0v) is 23.6. The summed E-state index contributed by atoms with van der Waals surface area (Å²) in [5, 5.41) is 15.3. The lowest BCUT2D eigenvalue weighted by atomic mass is 9.76. The van der Waals surface area contributed by atoms with Crippen molar-refractivity contribution in [3.05, 3.63) is 47.7 Å². The highest BCUT2D eigenvalue weighted by atomic mass is 19.1. The second kappa shape index (κ2) is 10.00. The Morgan fingerprint density at radius 2 is 1.91 bits per heavy atom. The van der Waals surface area contributed by atoms with E-state index < -0.39 is 11.6 Å². The van der Waals surface area contributed by atoms with Crippen molar-refractivity contribution in [3.63, 3.8) is 0 Å². The standard InChI is InChI=1S/C33H31F2N5O3/c1-2-23-26(34)6-3-19-11-22(41)12-24(27(19)23)29-28(35)30-25(13-36-29)31(40-14-20-4-5-21(15-40)37-20)39-32(38-30)42-17-33-9-7-18(8-10-33)16-43-33/h1,3,6,11-13,18,20-21,37,41H,4-5,7-10,14-17H2/t18?,20-,21+,33?. The average Bonchev–Trinajstić information content (AvgIpc) is 3.37. The van der Waals surface area contributed by atoms with E-state index in [1.165, 1.54) is 24.3 Å². The fraction of sp³-hybridized carbons (Fsp3) is 0.424. The van der Waals surface area contributed by atoms with E-state index >= 15 is 4.39 Å². The van der Waals surface area contributed by atoms with Crippen LogP contribution in [0.15, 0.2) is 30.5 Å². The van der Waals surface area contributed by atoms with Crippen LogP contribution in [-0.2, 0) is 4.74 Å². The monoisotopic (exact) mass is 583 g/mol. The van der Waals surface area contributed by atoms with Crippen molar-refractivity contribution in [2.45, 2.75) is 56.2 Å². The van der Waals surface area contributed by atoms with Gasteiger partial charge in [0.1, 0.15) is 40.8 Å². The molecule has 0 amide bonds. The fourth-order valence-corrected chi connectivity index (χ4v) is 7.43. The van der Waals surface area contributed by atoms with Gasteiger partial charge in [0.05, 0.1) is 17.6 Å². The minimum atomic E-state index is -0.726. The molecule has 4 aliphatic heterocycles. The lowest BCUT2D eigenvalue weighted by molar-refractivity contribution is -0.160. The van der Waals surface area contributed by atoms with Crippen molar-refractivity contribution >= 4 is 27.5 Å². The van der Waals surface area contributed by atoms with Crippen molar-refractivity contribution < 1.29 is 23.4 Å². The van der Waals surface area contributed by atoms with Crippen molar-refractivity contribution in [1.29, 1.82) is 0 Å². The Bertz CT molecular complexity index is 1790. The molecule has 1 aliphatic carbocycles. The van der Waals surface area contributed by atoms with E-state index in [1.54, 1.807) is 6.20 Å². The molecular formula is C33H31F2N5O3. The zero-order valence-electron chi connectivity index (χ0n) is 23.6. The number of rotatable bonds is 5. The van der Waals surface area contributed by atoms with Crippen LogP contribution in [0, 0.1) is 29.9 Å². The lowest BCUT2D eigenvalue weighted by Gasteiger charge is -2.45. The molecule has 2 aromatic carbocycles. The van der Waals surface area contributed by atoms with Crippen molar-refractivity contribution in [2.75, 3.05) is 31.2 Å². The number of terminal acetylenes is 1. The molecule has 2 N–H and O–H groups in total. The normalized spacial score (nSPS) is 26.3. The van der Waals surface area contributed by atoms with E-state index in [-0.39, 0.29) is 39.7 Å². The number of hydrogen-bond acceptors (Lipinski definition) is 8. The predicted molar refractivity (Wildman–Crippen MR) is 158 cm³/mol. The second-order valence-electron chi connectivity index (χ2n) is 12.4. The quantitative estimate of drug-likeness (QED) is 0.314. The third kappa shape index (κ3) is 4.45. The summed E-state index contributed by atoms with van der Waals surface area (Å²) < 4.78 is 43.9. The van der Waals surface area contributed by atoms with E-state index in [0.29, 0.717) is 46.6 Å². The van der Waals surface area contributed by atoms with Gasteiger partial charge in [-0.1, -0.05) is 12.0 Å². The Labute approximate surface area is 247 Å². The number of nitrogens with one attached hydrogen (secondary N) is 1. The summed E-state index contributed by atoms with van der Waals surface area (Å²) in [5.74, 6) is 2.10. The average molecular weight is 584 g/mol. The van der Waals surface area contributed by atoms with E-state index in [9.17, 15) is 9.50 Å². The first-order valence-corrected chi connectivity index (χ1v) is 15.0. The maximum absolute atomic E-state index is 16.7. The van der Waals surface area contributed by atoms with Crippen LogP contribution < -0.4 is 15.0 Å². The number of halogens is 2. The maximum atomic E-state index is 16.7. The molecule has 5 fully saturated rings. The fourth-order valence-electron chi connectivity index (χ4n) is 7.43. The number of fused-ring (bicyclic) bond motifs is 7. The number of phenols is 1. The molecule has 2 aromatic heterocycles. The molecule has 220 valence electrons. The van der Waals surface area contributed by atoms with Gasteiger partial charge in [0.2, 0.25) is 0 Å². The Hall–Kier alpha value is -4.07. The van der Waals surface area contributed by atoms with Gasteiger partial charge in [0.25, 0.3) is 0 Å². The van der Waals surface area contributed by atoms with Gasteiger partial charge in [-0.05, 0) is 68.0 Å². The third-order valence-electron chi connectivity index (χ3n) is 9.72. The van der Waals surface area contributed by atoms with Crippen LogP contribution >= 0.6 is 0 Å². The van der Waals surface area contributed by atoms with Crippen molar-refractivity contribution in [2.24, 2.45) is 5.92 Å². The predicted octanol–water partition coefficient (Wildman–Crippen LogP) is 5.09. The summed E-state index contributed by atoms with van der Waals surface area (Å²) in [6.45, 7) is 2.47. The third-order valence-corrected chi connectivity index (χ3v) is 9.72. The van der Waals surface area contributed by atoms with Gasteiger partial charge < -0.3 is 24.8 Å². The van der Waals surface area contributed by atoms with E-state index in [0.717, 1.165) is 58.2 Å². The second-order valence-corrected chi connectivity index (χ2v) is 12.4. The summed E-state index contributed by atoms with van der Waals surface area (Å²) in [6.07, 6.45) is 13.4. The van der Waals surface area contributed by atoms with Gasteiger partial charge in [0, 0.05) is 42.3 Å². The molecule has 10 heteroatoms. The molecule has 43 heavy (non-hydrogen) atoms. The number of aromatic hydroxyl groups is 1. The maximum Gasteiger partial charge on any atom is 0.319 e. The van der Waals surface area contributed by atoms with Gasteiger partial charge >= 0.3 is 6.01 Å². The van der Waals surface area contributed by atoms with Gasteiger partial charge in [-0.3, -0.25) is 4.98 Å². The number of nitrogens with zero attached hydrogens (tertiary/aromatic N) is 4. The van der Waals surface area contributed by atoms with Gasteiger partial charge in [0.15, 0.2) is 5.82 Å².